The van der Waals surface area contributed by atoms with Crippen molar-refractivity contribution in [3.05, 3.63) is 35.9 Å². The minimum atomic E-state index is -5.39. The number of hydrogen-bond donors (Lipinski definition) is 1. The van der Waals surface area contributed by atoms with E-state index in [1.165, 1.54) is 5.32 Å². The highest BCUT2D eigenvalue weighted by atomic mass is 32.2. The minimum absolute atomic E-state index is 0.209. The molecule has 13 heteroatoms. The molecule has 0 unspecified atom stereocenters. The number of nitrogens with zero attached hydrogens (tertiary/aromatic N) is 1. The van der Waals surface area contributed by atoms with Gasteiger partial charge in [0, 0.05) is 7.11 Å². The summed E-state index contributed by atoms with van der Waals surface area (Å²) in [5, 5.41) is -0.691. The number of hydrogen-bond acceptors (Lipinski definition) is 7. The summed E-state index contributed by atoms with van der Waals surface area (Å²) in [4.78, 5) is 37.5. The van der Waals surface area contributed by atoms with Gasteiger partial charge in [-0.1, -0.05) is 30.3 Å². The number of ether oxygens (including phenoxy) is 2. The zero-order valence-corrected chi connectivity index (χ0v) is 17.4. The van der Waals surface area contributed by atoms with Crippen LogP contribution in [0.3, 0.4) is 0 Å². The topological polar surface area (TPSA) is 119 Å². The maximum absolute atomic E-state index is 13.1. The first-order valence-corrected chi connectivity index (χ1v) is 10.5. The number of esters is 1. The van der Waals surface area contributed by atoms with Gasteiger partial charge in [0.15, 0.2) is 21.3 Å². The highest BCUT2D eigenvalue weighted by Gasteiger charge is 2.80. The Morgan fingerprint density at radius 2 is 1.77 bits per heavy atom. The predicted octanol–water partition coefficient (Wildman–Crippen LogP) is 0.495. The van der Waals surface area contributed by atoms with Crippen LogP contribution in [0.1, 0.15) is 19.4 Å². The first kappa shape index (κ1) is 23.0. The molecular weight excluding hydrogens is 445 g/mol. The third-order valence-corrected chi connectivity index (χ3v) is 8.28. The lowest BCUT2D eigenvalue weighted by Gasteiger charge is -2.50. The van der Waals surface area contributed by atoms with Crippen LogP contribution in [0.5, 0.6) is 0 Å². The van der Waals surface area contributed by atoms with Crippen LogP contribution in [0.25, 0.3) is 0 Å². The van der Waals surface area contributed by atoms with Gasteiger partial charge in [-0.3, -0.25) is 9.59 Å². The van der Waals surface area contributed by atoms with Crippen molar-refractivity contribution in [1.82, 2.24) is 10.2 Å². The van der Waals surface area contributed by atoms with E-state index in [1.54, 1.807) is 30.3 Å². The molecule has 2 amide bonds. The Bertz CT molecular complexity index is 1030. The molecule has 2 heterocycles. The third-order valence-electron chi connectivity index (χ3n) is 5.44. The van der Waals surface area contributed by atoms with Crippen LogP contribution in [-0.4, -0.2) is 66.3 Å². The van der Waals surface area contributed by atoms with Gasteiger partial charge in [0.25, 0.3) is 11.6 Å². The molecule has 1 N–H and O–H groups in total. The number of nitrogens with one attached hydrogen (secondary N) is 1. The molecule has 0 spiro atoms. The quantitative estimate of drug-likeness (QED) is 0.383. The maximum atomic E-state index is 13.1. The molecule has 3 atom stereocenters. The lowest BCUT2D eigenvalue weighted by molar-refractivity contribution is -0.211. The van der Waals surface area contributed by atoms with Crippen LogP contribution in [-0.2, 0) is 40.3 Å². The zero-order chi connectivity index (χ0) is 23.4. The Balaban J connectivity index is 1.93. The van der Waals surface area contributed by atoms with Gasteiger partial charge in [-0.05, 0) is 19.4 Å². The normalized spacial score (nSPS) is 28.5. The van der Waals surface area contributed by atoms with Crippen LogP contribution >= 0.6 is 0 Å². The molecule has 0 aliphatic carbocycles. The van der Waals surface area contributed by atoms with E-state index in [2.05, 4.69) is 0 Å². The van der Waals surface area contributed by atoms with Crippen molar-refractivity contribution < 1.29 is 45.4 Å². The number of amides is 2. The molecule has 1 aromatic rings. The zero-order valence-electron chi connectivity index (χ0n) is 16.6. The van der Waals surface area contributed by atoms with Gasteiger partial charge in [-0.25, -0.2) is 13.2 Å². The SMILES string of the molecule is CO[C@@]1(NC(=O)C(F)(F)F)C(=O)N2[C@@H](C(=O)OCc3ccccc3)C(C)(C)S(=O)(=O)[C@@H]21. The molecule has 0 bridgehead atoms. The summed E-state index contributed by atoms with van der Waals surface area (Å²) >= 11 is 0. The largest absolute Gasteiger partial charge is 0.471 e. The Morgan fingerprint density at radius 3 is 2.29 bits per heavy atom. The summed E-state index contributed by atoms with van der Waals surface area (Å²) in [7, 11) is -3.70. The summed E-state index contributed by atoms with van der Waals surface area (Å²) in [6.07, 6.45) is -5.39. The van der Waals surface area contributed by atoms with Crippen molar-refractivity contribution in [2.75, 3.05) is 7.11 Å². The molecule has 2 aliphatic rings. The van der Waals surface area contributed by atoms with E-state index < -0.39 is 55.7 Å². The predicted molar refractivity (Wildman–Crippen MR) is 97.6 cm³/mol. The average Bonchev–Trinajstić information content (AvgIpc) is 2.84. The molecule has 2 saturated heterocycles. The monoisotopic (exact) mass is 464 g/mol. The highest BCUT2D eigenvalue weighted by molar-refractivity contribution is 7.94. The van der Waals surface area contributed by atoms with E-state index in [-0.39, 0.29) is 6.61 Å². The number of carbonyl (C=O) groups is 3. The van der Waals surface area contributed by atoms with Crippen LogP contribution < -0.4 is 5.32 Å². The van der Waals surface area contributed by atoms with Crippen molar-refractivity contribution in [3.63, 3.8) is 0 Å². The Labute approximate surface area is 175 Å². The lowest BCUT2D eigenvalue weighted by Crippen LogP contribution is -2.82. The molecular formula is C18H19F3N2O7S. The van der Waals surface area contributed by atoms with E-state index in [0.29, 0.717) is 10.5 Å². The molecule has 2 aliphatic heterocycles. The Kier molecular flexibility index (Phi) is 5.34. The van der Waals surface area contributed by atoms with E-state index in [4.69, 9.17) is 9.47 Å². The number of methoxy groups -OCH3 is 1. The first-order valence-electron chi connectivity index (χ1n) is 8.93. The third kappa shape index (κ3) is 3.26. The number of β-lactam (4-membered cyclic amide) rings is 1. The molecule has 170 valence electrons. The van der Waals surface area contributed by atoms with Gasteiger partial charge in [-0.2, -0.15) is 13.2 Å². The molecule has 9 nitrogen and oxygen atoms in total. The Hall–Kier alpha value is -2.67. The molecule has 31 heavy (non-hydrogen) atoms. The highest BCUT2D eigenvalue weighted by Crippen LogP contribution is 2.51. The van der Waals surface area contributed by atoms with E-state index >= 15 is 0 Å². The number of halogens is 3. The van der Waals surface area contributed by atoms with Crippen molar-refractivity contribution in [3.8, 4) is 0 Å². The van der Waals surface area contributed by atoms with Crippen molar-refractivity contribution in [2.24, 2.45) is 0 Å². The van der Waals surface area contributed by atoms with Crippen molar-refractivity contribution >= 4 is 27.6 Å². The fourth-order valence-corrected chi connectivity index (χ4v) is 6.04. The first-order chi connectivity index (χ1) is 14.2. The Morgan fingerprint density at radius 1 is 1.19 bits per heavy atom. The standard InChI is InChI=1S/C18H19F3N2O7S/c1-16(2)11(12(24)30-9-10-7-5-4-6-8-10)23-14(26)17(29-3,15(23)31(16,27)28)22-13(25)18(19,20)21/h4-8,11,15H,9H2,1-3H3,(H,22,25)/t11-,15+,17-/m0/s1. The fraction of sp³-hybridized carbons (Fsp3) is 0.500. The van der Waals surface area contributed by atoms with Gasteiger partial charge in [0.1, 0.15) is 11.4 Å². The number of sulfone groups is 1. The van der Waals surface area contributed by atoms with Crippen molar-refractivity contribution in [1.29, 1.82) is 0 Å². The number of alkyl halides is 3. The smallest absolute Gasteiger partial charge is 0.459 e. The average molecular weight is 464 g/mol. The van der Waals surface area contributed by atoms with Gasteiger partial charge < -0.3 is 19.7 Å². The summed E-state index contributed by atoms with van der Waals surface area (Å²) in [5.74, 6) is -4.90. The van der Waals surface area contributed by atoms with Crippen LogP contribution in [0.15, 0.2) is 30.3 Å². The number of benzene rings is 1. The van der Waals surface area contributed by atoms with Gasteiger partial charge >= 0.3 is 18.1 Å². The van der Waals surface area contributed by atoms with Gasteiger partial charge in [0.2, 0.25) is 0 Å². The maximum Gasteiger partial charge on any atom is 0.471 e. The summed E-state index contributed by atoms with van der Waals surface area (Å²) in [6.45, 7) is 2.09. The molecule has 2 fully saturated rings. The number of carbonyl (C=O) groups excluding carboxylic acids is 3. The number of fused-ring (bicyclic) bond motifs is 1. The summed E-state index contributed by atoms with van der Waals surface area (Å²) in [6, 6.07) is 6.79. The van der Waals surface area contributed by atoms with Crippen molar-refractivity contribution in [2.45, 2.75) is 48.5 Å². The van der Waals surface area contributed by atoms with Crippen LogP contribution in [0.4, 0.5) is 13.2 Å². The summed E-state index contributed by atoms with van der Waals surface area (Å²) in [5.41, 5.74) is -2.21. The van der Waals surface area contributed by atoms with E-state index in [9.17, 15) is 36.0 Å². The molecule has 0 radical (unpaired) electrons. The summed E-state index contributed by atoms with van der Waals surface area (Å²) < 4.78 is 72.5. The van der Waals surface area contributed by atoms with Crippen LogP contribution in [0, 0.1) is 0 Å². The second kappa shape index (κ2) is 7.19. The second-order valence-corrected chi connectivity index (χ2v) is 10.2. The minimum Gasteiger partial charge on any atom is -0.459 e. The van der Waals surface area contributed by atoms with E-state index in [1.807, 2.05) is 0 Å². The molecule has 3 rings (SSSR count). The van der Waals surface area contributed by atoms with Crippen LogP contribution in [0.2, 0.25) is 0 Å². The fourth-order valence-electron chi connectivity index (χ4n) is 3.73. The van der Waals surface area contributed by atoms with E-state index in [0.717, 1.165) is 21.0 Å². The lowest BCUT2D eigenvalue weighted by atomic mass is 9.93. The molecule has 0 aromatic heterocycles. The second-order valence-electron chi connectivity index (χ2n) is 7.60. The number of rotatable bonds is 5. The van der Waals surface area contributed by atoms with Gasteiger partial charge in [-0.15, -0.1) is 0 Å². The molecule has 0 saturated carbocycles. The van der Waals surface area contributed by atoms with Gasteiger partial charge in [0.05, 0.1) is 0 Å². The molecule has 1 aromatic carbocycles.